The summed E-state index contributed by atoms with van der Waals surface area (Å²) in [4.78, 5) is 14.4. The predicted molar refractivity (Wildman–Crippen MR) is 51.0 cm³/mol. The molecule has 0 aliphatic carbocycles. The Labute approximate surface area is 76.1 Å². The van der Waals surface area contributed by atoms with E-state index in [0.717, 1.165) is 0 Å². The molecule has 0 aliphatic heterocycles. The van der Waals surface area contributed by atoms with E-state index in [9.17, 15) is 4.79 Å². The highest BCUT2D eigenvalue weighted by atomic mass is 16.1. The highest BCUT2D eigenvalue weighted by molar-refractivity contribution is 5.74. The quantitative estimate of drug-likeness (QED) is 0.605. The van der Waals surface area contributed by atoms with Crippen LogP contribution in [0.25, 0.3) is 0 Å². The lowest BCUT2D eigenvalue weighted by molar-refractivity contribution is -0.117. The molecule has 0 spiro atoms. The monoisotopic (exact) mass is 180 g/mol. The number of primary amides is 1. The lowest BCUT2D eigenvalue weighted by atomic mass is 10.3. The van der Waals surface area contributed by atoms with Gasteiger partial charge >= 0.3 is 0 Å². The minimum atomic E-state index is -0.337. The summed E-state index contributed by atoms with van der Waals surface area (Å²) in [6.07, 6.45) is 1.89. The molecule has 0 saturated carbocycles. The van der Waals surface area contributed by atoms with E-state index in [1.54, 1.807) is 18.3 Å². The minimum absolute atomic E-state index is 0.288. The summed E-state index contributed by atoms with van der Waals surface area (Å²) in [7, 11) is 0. The first kappa shape index (κ1) is 9.31. The van der Waals surface area contributed by atoms with Gasteiger partial charge in [0, 0.05) is 30.9 Å². The van der Waals surface area contributed by atoms with Crippen molar-refractivity contribution >= 4 is 17.4 Å². The summed E-state index contributed by atoms with van der Waals surface area (Å²) in [6.45, 7) is 0.478. The maximum absolute atomic E-state index is 10.4. The molecule has 0 bridgehead atoms. The zero-order valence-corrected chi connectivity index (χ0v) is 7.16. The van der Waals surface area contributed by atoms with Crippen molar-refractivity contribution in [2.45, 2.75) is 6.42 Å². The number of pyridine rings is 1. The molecule has 0 atom stereocenters. The Bertz CT molecular complexity index is 300. The van der Waals surface area contributed by atoms with E-state index in [1.165, 1.54) is 0 Å². The summed E-state index contributed by atoms with van der Waals surface area (Å²) in [6, 6.07) is 3.39. The lowest BCUT2D eigenvalue weighted by Crippen LogP contribution is -2.16. The molecule has 0 aliphatic rings. The van der Waals surface area contributed by atoms with Gasteiger partial charge in [-0.25, -0.2) is 4.98 Å². The average molecular weight is 180 g/mol. The van der Waals surface area contributed by atoms with Gasteiger partial charge < -0.3 is 16.8 Å². The number of amides is 1. The van der Waals surface area contributed by atoms with Crippen molar-refractivity contribution in [2.24, 2.45) is 5.73 Å². The van der Waals surface area contributed by atoms with Crippen molar-refractivity contribution < 1.29 is 4.79 Å². The Kier molecular flexibility index (Phi) is 3.08. The molecule has 0 aromatic carbocycles. The summed E-state index contributed by atoms with van der Waals surface area (Å²) in [5.41, 5.74) is 11.1. The smallest absolute Gasteiger partial charge is 0.219 e. The van der Waals surface area contributed by atoms with Crippen LogP contribution in [-0.4, -0.2) is 17.4 Å². The number of nitrogens with two attached hydrogens (primary N) is 2. The highest BCUT2D eigenvalue weighted by Crippen LogP contribution is 2.07. The number of rotatable bonds is 4. The van der Waals surface area contributed by atoms with Gasteiger partial charge in [-0.05, 0) is 6.07 Å². The molecule has 5 nitrogen and oxygen atoms in total. The molecule has 0 radical (unpaired) electrons. The Balaban J connectivity index is 2.41. The van der Waals surface area contributed by atoms with Gasteiger partial charge in [0.25, 0.3) is 0 Å². The van der Waals surface area contributed by atoms with E-state index in [-0.39, 0.29) is 12.3 Å². The van der Waals surface area contributed by atoms with Crippen molar-refractivity contribution in [2.75, 3.05) is 17.6 Å². The maximum Gasteiger partial charge on any atom is 0.219 e. The first-order valence-electron chi connectivity index (χ1n) is 3.92. The maximum atomic E-state index is 10.4. The minimum Gasteiger partial charge on any atom is -0.399 e. The summed E-state index contributed by atoms with van der Waals surface area (Å²) in [5, 5.41) is 2.92. The van der Waals surface area contributed by atoms with E-state index in [1.807, 2.05) is 0 Å². The van der Waals surface area contributed by atoms with Gasteiger partial charge in [-0.15, -0.1) is 0 Å². The highest BCUT2D eigenvalue weighted by Gasteiger charge is 1.95. The number of aromatic nitrogens is 1. The molecule has 0 fully saturated rings. The number of nitrogens with zero attached hydrogens (tertiary/aromatic N) is 1. The standard InChI is InChI=1S/C8H12N4O/c9-6-1-3-11-8(5-6)12-4-2-7(10)13/h1,3,5H,2,4H2,(H2,10,13)(H3,9,11,12). The molecule has 1 aromatic rings. The second kappa shape index (κ2) is 4.30. The van der Waals surface area contributed by atoms with Crippen LogP contribution in [0.5, 0.6) is 0 Å². The van der Waals surface area contributed by atoms with Gasteiger partial charge in [-0.1, -0.05) is 0 Å². The fraction of sp³-hybridized carbons (Fsp3) is 0.250. The van der Waals surface area contributed by atoms with Crippen molar-refractivity contribution in [1.29, 1.82) is 0 Å². The Hall–Kier alpha value is -1.78. The summed E-state index contributed by atoms with van der Waals surface area (Å²) in [5.74, 6) is 0.317. The van der Waals surface area contributed by atoms with Crippen LogP contribution in [0.3, 0.4) is 0 Å². The number of hydrogen-bond acceptors (Lipinski definition) is 4. The van der Waals surface area contributed by atoms with Gasteiger partial charge in [0.15, 0.2) is 0 Å². The van der Waals surface area contributed by atoms with Crippen LogP contribution in [0.4, 0.5) is 11.5 Å². The Morgan fingerprint density at radius 2 is 2.38 bits per heavy atom. The molecule has 13 heavy (non-hydrogen) atoms. The number of carbonyl (C=O) groups excluding carboxylic acids is 1. The Morgan fingerprint density at radius 1 is 1.62 bits per heavy atom. The van der Waals surface area contributed by atoms with Crippen molar-refractivity contribution in [3.63, 3.8) is 0 Å². The second-order valence-corrected chi connectivity index (χ2v) is 2.62. The van der Waals surface area contributed by atoms with Crippen molar-refractivity contribution in [3.8, 4) is 0 Å². The first-order valence-corrected chi connectivity index (χ1v) is 3.92. The van der Waals surface area contributed by atoms with Crippen LogP contribution >= 0.6 is 0 Å². The molecule has 0 unspecified atom stereocenters. The molecule has 5 heteroatoms. The van der Waals surface area contributed by atoms with Crippen LogP contribution in [0.1, 0.15) is 6.42 Å². The third kappa shape index (κ3) is 3.42. The average Bonchev–Trinajstić information content (AvgIpc) is 2.03. The van der Waals surface area contributed by atoms with Crippen LogP contribution in [0.15, 0.2) is 18.3 Å². The molecule has 5 N–H and O–H groups in total. The second-order valence-electron chi connectivity index (χ2n) is 2.62. The van der Waals surface area contributed by atoms with Gasteiger partial charge in [-0.3, -0.25) is 4.79 Å². The number of carbonyl (C=O) groups is 1. The summed E-state index contributed by atoms with van der Waals surface area (Å²) >= 11 is 0. The largest absolute Gasteiger partial charge is 0.399 e. The fourth-order valence-corrected chi connectivity index (χ4v) is 0.857. The lowest BCUT2D eigenvalue weighted by Gasteiger charge is -2.03. The molecule has 1 rings (SSSR count). The van der Waals surface area contributed by atoms with Gasteiger partial charge in [0.1, 0.15) is 5.82 Å². The third-order valence-corrected chi connectivity index (χ3v) is 1.46. The van der Waals surface area contributed by atoms with Gasteiger partial charge in [0.05, 0.1) is 0 Å². The fourth-order valence-electron chi connectivity index (χ4n) is 0.857. The van der Waals surface area contributed by atoms with Crippen molar-refractivity contribution in [3.05, 3.63) is 18.3 Å². The predicted octanol–water partition coefficient (Wildman–Crippen LogP) is -0.0489. The molecular formula is C8H12N4O. The van der Waals surface area contributed by atoms with Crippen LogP contribution in [0, 0.1) is 0 Å². The zero-order valence-electron chi connectivity index (χ0n) is 7.16. The van der Waals surface area contributed by atoms with Crippen LogP contribution in [0.2, 0.25) is 0 Å². The van der Waals surface area contributed by atoms with E-state index < -0.39 is 0 Å². The molecule has 1 heterocycles. The molecular weight excluding hydrogens is 168 g/mol. The first-order chi connectivity index (χ1) is 6.18. The molecule has 70 valence electrons. The van der Waals surface area contributed by atoms with E-state index >= 15 is 0 Å². The molecule has 1 aromatic heterocycles. The SMILES string of the molecule is NC(=O)CCNc1cc(N)ccn1. The van der Waals surface area contributed by atoms with Gasteiger partial charge in [-0.2, -0.15) is 0 Å². The van der Waals surface area contributed by atoms with E-state index in [0.29, 0.717) is 18.1 Å². The van der Waals surface area contributed by atoms with Gasteiger partial charge in [0.2, 0.25) is 5.91 Å². The number of hydrogen-bond donors (Lipinski definition) is 3. The normalized spacial score (nSPS) is 9.54. The third-order valence-electron chi connectivity index (χ3n) is 1.46. The van der Waals surface area contributed by atoms with Crippen molar-refractivity contribution in [1.82, 2.24) is 4.98 Å². The number of anilines is 2. The van der Waals surface area contributed by atoms with E-state index in [4.69, 9.17) is 11.5 Å². The number of nitrogens with one attached hydrogen (secondary N) is 1. The molecule has 0 saturated heterocycles. The Morgan fingerprint density at radius 3 is 3.00 bits per heavy atom. The topological polar surface area (TPSA) is 94.0 Å². The number of nitrogen functional groups attached to an aromatic ring is 1. The summed E-state index contributed by atoms with van der Waals surface area (Å²) < 4.78 is 0. The zero-order chi connectivity index (χ0) is 9.68. The van der Waals surface area contributed by atoms with Crippen LogP contribution in [-0.2, 0) is 4.79 Å². The van der Waals surface area contributed by atoms with E-state index in [2.05, 4.69) is 10.3 Å². The molecule has 1 amide bonds. The van der Waals surface area contributed by atoms with Crippen LogP contribution < -0.4 is 16.8 Å².